The molecule has 220 valence electrons. The second-order valence-electron chi connectivity index (χ2n) is 11.0. The maximum Gasteiger partial charge on any atom is 0.309 e. The van der Waals surface area contributed by atoms with Gasteiger partial charge in [0.25, 0.3) is 0 Å². The minimum atomic E-state index is -0.746. The van der Waals surface area contributed by atoms with Crippen LogP contribution in [0.2, 0.25) is 0 Å². The predicted molar refractivity (Wildman–Crippen MR) is 152 cm³/mol. The van der Waals surface area contributed by atoms with E-state index in [0.717, 1.165) is 51.6 Å². The number of hydrogen-bond acceptors (Lipinski definition) is 8. The largest absolute Gasteiger partial charge is 0.463 e. The molecular formula is C31H50N2O6. The number of benzene rings is 1. The van der Waals surface area contributed by atoms with Crippen LogP contribution < -0.4 is 0 Å². The summed E-state index contributed by atoms with van der Waals surface area (Å²) in [7, 11) is 3.69. The maximum absolute atomic E-state index is 12.9. The average Bonchev–Trinajstić information content (AvgIpc) is 2.91. The van der Waals surface area contributed by atoms with E-state index in [4.69, 9.17) is 14.2 Å². The SMILES string of the molecule is CCC(=O)OC1CC(=O)OC(C)CCN(N(C)CCCc2ccccc2)CCC(C)CC(CC=O)CC1OC. The van der Waals surface area contributed by atoms with Crippen LogP contribution in [0.1, 0.15) is 77.7 Å². The first-order valence-corrected chi connectivity index (χ1v) is 14.6. The van der Waals surface area contributed by atoms with E-state index in [-0.39, 0.29) is 30.8 Å². The van der Waals surface area contributed by atoms with E-state index in [9.17, 15) is 14.4 Å². The van der Waals surface area contributed by atoms with Crippen molar-refractivity contribution in [2.24, 2.45) is 11.8 Å². The molecule has 5 atom stereocenters. The first-order chi connectivity index (χ1) is 18.7. The standard InChI is InChI=1S/C31H50N2O6/c1-6-30(35)39-29-23-31(36)38-25(3)15-19-33(32(4)17-10-13-26-11-8-7-9-12-26)18-14-24(2)21-27(16-20-34)22-28(29)37-5/h7-9,11-12,20,24-25,27-29H,6,10,13-19,21-23H2,1-5H3. The van der Waals surface area contributed by atoms with Crippen molar-refractivity contribution in [1.29, 1.82) is 0 Å². The Hall–Kier alpha value is -2.29. The van der Waals surface area contributed by atoms with Gasteiger partial charge in [0, 0.05) is 46.6 Å². The first kappa shape index (κ1) is 32.9. The van der Waals surface area contributed by atoms with Crippen LogP contribution in [0.15, 0.2) is 30.3 Å². The Labute approximate surface area is 235 Å². The quantitative estimate of drug-likeness (QED) is 0.304. The summed E-state index contributed by atoms with van der Waals surface area (Å²) in [6, 6.07) is 10.5. The fourth-order valence-corrected chi connectivity index (χ4v) is 5.29. The third-order valence-corrected chi connectivity index (χ3v) is 7.67. The molecule has 8 heteroatoms. The molecular weight excluding hydrogens is 496 g/mol. The lowest BCUT2D eigenvalue weighted by Gasteiger charge is -2.34. The zero-order valence-corrected chi connectivity index (χ0v) is 24.7. The van der Waals surface area contributed by atoms with E-state index in [2.05, 4.69) is 48.3 Å². The van der Waals surface area contributed by atoms with Crippen molar-refractivity contribution in [2.45, 2.75) is 96.9 Å². The molecule has 0 bridgehead atoms. The van der Waals surface area contributed by atoms with Crippen LogP contribution in [0.5, 0.6) is 0 Å². The van der Waals surface area contributed by atoms with Gasteiger partial charge in [-0.2, -0.15) is 0 Å². The van der Waals surface area contributed by atoms with Crippen molar-refractivity contribution in [3.63, 3.8) is 0 Å². The molecule has 0 radical (unpaired) electrons. The number of carbonyl (C=O) groups excluding carboxylic acids is 3. The lowest BCUT2D eigenvalue weighted by molar-refractivity contribution is -0.165. The van der Waals surface area contributed by atoms with Crippen LogP contribution in [0.25, 0.3) is 0 Å². The number of ether oxygens (including phenoxy) is 3. The first-order valence-electron chi connectivity index (χ1n) is 14.6. The summed E-state index contributed by atoms with van der Waals surface area (Å²) in [6.07, 6.45) is 5.15. The van der Waals surface area contributed by atoms with Crippen LogP contribution in [0.4, 0.5) is 0 Å². The third-order valence-electron chi connectivity index (χ3n) is 7.67. The number of hydrazine groups is 1. The zero-order valence-electron chi connectivity index (χ0n) is 24.7. The second-order valence-corrected chi connectivity index (χ2v) is 11.0. The molecule has 1 heterocycles. The van der Waals surface area contributed by atoms with Crippen LogP contribution in [0, 0.1) is 11.8 Å². The fourth-order valence-electron chi connectivity index (χ4n) is 5.29. The number of cyclic esters (lactones) is 1. The van der Waals surface area contributed by atoms with Crippen LogP contribution in [-0.4, -0.2) is 80.3 Å². The van der Waals surface area contributed by atoms with Gasteiger partial charge in [0.15, 0.2) is 0 Å². The molecule has 0 aromatic heterocycles. The maximum atomic E-state index is 12.9. The van der Waals surface area contributed by atoms with Crippen LogP contribution in [0.3, 0.4) is 0 Å². The average molecular weight is 547 g/mol. The number of nitrogens with zero attached hydrogens (tertiary/aromatic N) is 2. The summed E-state index contributed by atoms with van der Waals surface area (Å²) < 4.78 is 17.1. The highest BCUT2D eigenvalue weighted by atomic mass is 16.6. The molecule has 1 aromatic carbocycles. The summed E-state index contributed by atoms with van der Waals surface area (Å²) in [6.45, 7) is 8.46. The molecule has 1 aliphatic rings. The highest BCUT2D eigenvalue weighted by Crippen LogP contribution is 2.27. The van der Waals surface area contributed by atoms with Gasteiger partial charge >= 0.3 is 11.9 Å². The molecule has 39 heavy (non-hydrogen) atoms. The van der Waals surface area contributed by atoms with E-state index >= 15 is 0 Å². The van der Waals surface area contributed by atoms with Gasteiger partial charge in [-0.05, 0) is 62.8 Å². The van der Waals surface area contributed by atoms with Gasteiger partial charge in [-0.3, -0.25) is 9.59 Å². The lowest BCUT2D eigenvalue weighted by Crippen LogP contribution is -2.43. The van der Waals surface area contributed by atoms with Crippen molar-refractivity contribution >= 4 is 18.2 Å². The van der Waals surface area contributed by atoms with Crippen molar-refractivity contribution in [2.75, 3.05) is 33.8 Å². The van der Waals surface area contributed by atoms with Gasteiger partial charge < -0.3 is 19.0 Å². The molecule has 0 spiro atoms. The lowest BCUT2D eigenvalue weighted by atomic mass is 9.86. The Bertz CT molecular complexity index is 851. The van der Waals surface area contributed by atoms with Crippen molar-refractivity contribution < 1.29 is 28.6 Å². The smallest absolute Gasteiger partial charge is 0.309 e. The molecule has 5 unspecified atom stereocenters. The van der Waals surface area contributed by atoms with E-state index < -0.39 is 18.2 Å². The summed E-state index contributed by atoms with van der Waals surface area (Å²) >= 11 is 0. The van der Waals surface area contributed by atoms with Gasteiger partial charge in [0.1, 0.15) is 18.5 Å². The highest BCUT2D eigenvalue weighted by Gasteiger charge is 2.32. The minimum Gasteiger partial charge on any atom is -0.463 e. The van der Waals surface area contributed by atoms with E-state index in [1.54, 1.807) is 14.0 Å². The van der Waals surface area contributed by atoms with Gasteiger partial charge in [-0.25, -0.2) is 10.0 Å². The number of rotatable bonds is 10. The van der Waals surface area contributed by atoms with Gasteiger partial charge in [-0.1, -0.05) is 44.2 Å². The number of hydrogen-bond donors (Lipinski definition) is 0. The van der Waals surface area contributed by atoms with Gasteiger partial charge in [0.05, 0.1) is 12.5 Å². The van der Waals surface area contributed by atoms with Crippen molar-refractivity contribution in [3.8, 4) is 0 Å². The Balaban J connectivity index is 2.14. The molecule has 2 rings (SSSR count). The Morgan fingerprint density at radius 3 is 2.51 bits per heavy atom. The Kier molecular flexibility index (Phi) is 15.3. The van der Waals surface area contributed by atoms with Crippen molar-refractivity contribution in [3.05, 3.63) is 35.9 Å². The Morgan fingerprint density at radius 1 is 1.13 bits per heavy atom. The highest BCUT2D eigenvalue weighted by molar-refractivity contribution is 5.72. The number of carbonyl (C=O) groups is 3. The molecule has 0 amide bonds. The fraction of sp³-hybridized carbons (Fsp3) is 0.710. The zero-order chi connectivity index (χ0) is 28.6. The molecule has 1 aliphatic heterocycles. The molecule has 1 fully saturated rings. The minimum absolute atomic E-state index is 0.0684. The second kappa shape index (κ2) is 18.1. The summed E-state index contributed by atoms with van der Waals surface area (Å²) in [4.78, 5) is 36.5. The summed E-state index contributed by atoms with van der Waals surface area (Å²) in [5.41, 5.74) is 1.34. The van der Waals surface area contributed by atoms with Crippen LogP contribution >= 0.6 is 0 Å². The molecule has 8 nitrogen and oxygen atoms in total. The number of aryl methyl sites for hydroxylation is 1. The van der Waals surface area contributed by atoms with E-state index in [0.29, 0.717) is 25.2 Å². The normalized spacial score (nSPS) is 26.3. The summed E-state index contributed by atoms with van der Waals surface area (Å²) in [5, 5.41) is 4.66. The van der Waals surface area contributed by atoms with Crippen LogP contribution in [-0.2, 0) is 35.0 Å². The molecule has 1 aromatic rings. The summed E-state index contributed by atoms with van der Waals surface area (Å²) in [5.74, 6) is -0.324. The van der Waals surface area contributed by atoms with Crippen molar-refractivity contribution in [1.82, 2.24) is 10.0 Å². The van der Waals surface area contributed by atoms with Gasteiger partial charge in [-0.15, -0.1) is 0 Å². The molecule has 0 aliphatic carbocycles. The molecule has 0 saturated carbocycles. The number of aldehydes is 1. The number of methoxy groups -OCH3 is 1. The number of esters is 2. The Morgan fingerprint density at radius 2 is 1.85 bits per heavy atom. The van der Waals surface area contributed by atoms with E-state index in [1.165, 1.54) is 5.56 Å². The predicted octanol–water partition coefficient (Wildman–Crippen LogP) is 4.84. The topological polar surface area (TPSA) is 85.4 Å². The third kappa shape index (κ3) is 12.6. The van der Waals surface area contributed by atoms with E-state index in [1.807, 2.05) is 13.0 Å². The monoisotopic (exact) mass is 546 g/mol. The van der Waals surface area contributed by atoms with Gasteiger partial charge in [0.2, 0.25) is 0 Å². The molecule has 0 N–H and O–H groups in total. The molecule has 1 saturated heterocycles.